The van der Waals surface area contributed by atoms with Crippen LogP contribution in [0.3, 0.4) is 0 Å². The highest BCUT2D eigenvalue weighted by Crippen LogP contribution is 2.17. The number of esters is 1. The van der Waals surface area contributed by atoms with E-state index >= 15 is 0 Å². The molecule has 0 N–H and O–H groups in total. The topological polar surface area (TPSA) is 70.4 Å². The molecule has 2 rings (SSSR count). The first-order chi connectivity index (χ1) is 14.3. The molecule has 0 aromatic heterocycles. The van der Waals surface area contributed by atoms with Gasteiger partial charge in [0.05, 0.1) is 0 Å². The number of likely N-dealkylation sites (N-methyl/N-ethyl adjacent to an activating group) is 1. The first-order valence-electron chi connectivity index (χ1n) is 9.59. The fourth-order valence-electron chi connectivity index (χ4n) is 2.69. The first kappa shape index (κ1) is 23.2. The van der Waals surface area contributed by atoms with Gasteiger partial charge in [0.15, 0.2) is 6.61 Å². The molecule has 6 heteroatoms. The van der Waals surface area contributed by atoms with E-state index in [-0.39, 0.29) is 11.5 Å². The molecule has 30 heavy (non-hydrogen) atoms. The molecule has 0 saturated carbocycles. The number of hydrogen-bond donors (Lipinski definition) is 0. The molecular formula is C24H26N2O3S. The second-order valence-electron chi connectivity index (χ2n) is 7.17. The lowest BCUT2D eigenvalue weighted by Crippen LogP contribution is -2.31. The third kappa shape index (κ3) is 6.78. The maximum atomic E-state index is 12.3. The maximum absolute atomic E-state index is 12.3. The number of thioether (sulfide) groups is 1. The van der Waals surface area contributed by atoms with Crippen LogP contribution < -0.4 is 0 Å². The van der Waals surface area contributed by atoms with E-state index in [1.165, 1.54) is 16.5 Å². The molecule has 0 heterocycles. The molecule has 0 aliphatic heterocycles. The van der Waals surface area contributed by atoms with Crippen LogP contribution in [0.5, 0.6) is 0 Å². The van der Waals surface area contributed by atoms with Crippen molar-refractivity contribution in [2.24, 2.45) is 0 Å². The van der Waals surface area contributed by atoms with Crippen LogP contribution in [0.4, 0.5) is 0 Å². The zero-order chi connectivity index (χ0) is 22.1. The molecule has 156 valence electrons. The Bertz CT molecular complexity index is 942. The molecule has 0 aliphatic rings. The number of benzene rings is 2. The summed E-state index contributed by atoms with van der Waals surface area (Å²) < 4.78 is 5.06. The summed E-state index contributed by atoms with van der Waals surface area (Å²) in [4.78, 5) is 27.1. The van der Waals surface area contributed by atoms with Crippen molar-refractivity contribution in [3.05, 3.63) is 70.8 Å². The monoisotopic (exact) mass is 422 g/mol. The second kappa shape index (κ2) is 11.2. The molecule has 0 saturated heterocycles. The van der Waals surface area contributed by atoms with Crippen molar-refractivity contribution in [1.82, 2.24) is 4.90 Å². The minimum Gasteiger partial charge on any atom is -0.451 e. The van der Waals surface area contributed by atoms with E-state index in [1.807, 2.05) is 60.9 Å². The zero-order valence-electron chi connectivity index (χ0n) is 17.7. The van der Waals surface area contributed by atoms with Gasteiger partial charge in [-0.15, -0.1) is 11.8 Å². The number of nitrogens with zero attached hydrogens (tertiary/aromatic N) is 2. The van der Waals surface area contributed by atoms with E-state index in [9.17, 15) is 14.9 Å². The van der Waals surface area contributed by atoms with Gasteiger partial charge in [-0.2, -0.15) is 5.26 Å². The van der Waals surface area contributed by atoms with Crippen molar-refractivity contribution in [1.29, 1.82) is 5.26 Å². The van der Waals surface area contributed by atoms with E-state index in [1.54, 1.807) is 18.8 Å². The molecule has 0 aliphatic carbocycles. The Morgan fingerprint density at radius 1 is 1.13 bits per heavy atom. The Morgan fingerprint density at radius 3 is 2.30 bits per heavy atom. The predicted octanol–water partition coefficient (Wildman–Crippen LogP) is 4.64. The van der Waals surface area contributed by atoms with Crippen LogP contribution in [-0.4, -0.2) is 36.7 Å². The predicted molar refractivity (Wildman–Crippen MR) is 120 cm³/mol. The largest absolute Gasteiger partial charge is 0.451 e. The number of rotatable bonds is 8. The van der Waals surface area contributed by atoms with E-state index in [2.05, 4.69) is 13.8 Å². The minimum absolute atomic E-state index is 0.143. The van der Waals surface area contributed by atoms with Gasteiger partial charge in [-0.3, -0.25) is 4.79 Å². The second-order valence-corrected chi connectivity index (χ2v) is 8.04. The molecule has 2 aromatic carbocycles. The number of ether oxygens (including phenoxy) is 1. The smallest absolute Gasteiger partial charge is 0.349 e. The Kier molecular flexibility index (Phi) is 8.70. The van der Waals surface area contributed by atoms with Gasteiger partial charge in [0.2, 0.25) is 0 Å². The average Bonchev–Trinajstić information content (AvgIpc) is 2.76. The minimum atomic E-state index is -0.809. The van der Waals surface area contributed by atoms with Crippen LogP contribution in [0.2, 0.25) is 0 Å². The summed E-state index contributed by atoms with van der Waals surface area (Å²) in [5.74, 6) is -0.748. The quantitative estimate of drug-likeness (QED) is 0.268. The molecule has 0 atom stereocenters. The van der Waals surface area contributed by atoms with Gasteiger partial charge in [0.1, 0.15) is 11.6 Å². The number of carbonyl (C=O) groups is 2. The fourth-order valence-corrected chi connectivity index (χ4v) is 3.10. The Hall–Kier alpha value is -3.04. The molecular weight excluding hydrogens is 396 g/mol. The summed E-state index contributed by atoms with van der Waals surface area (Å²) in [5, 5.41) is 9.30. The van der Waals surface area contributed by atoms with Crippen molar-refractivity contribution in [2.75, 3.05) is 19.9 Å². The number of carbonyl (C=O) groups excluding carboxylic acids is 2. The summed E-state index contributed by atoms with van der Waals surface area (Å²) in [7, 11) is 1.65. The third-order valence-corrected chi connectivity index (χ3v) is 5.33. The Balaban J connectivity index is 1.93. The maximum Gasteiger partial charge on any atom is 0.349 e. The molecule has 0 unspecified atom stereocenters. The van der Waals surface area contributed by atoms with Crippen LogP contribution in [0, 0.1) is 11.3 Å². The Morgan fingerprint density at radius 2 is 1.77 bits per heavy atom. The van der Waals surface area contributed by atoms with Gasteiger partial charge < -0.3 is 9.64 Å². The highest BCUT2D eigenvalue weighted by molar-refractivity contribution is 7.98. The summed E-state index contributed by atoms with van der Waals surface area (Å²) in [5.41, 5.74) is 2.74. The van der Waals surface area contributed by atoms with E-state index in [4.69, 9.17) is 4.74 Å². The van der Waals surface area contributed by atoms with Crippen molar-refractivity contribution in [3.8, 4) is 6.07 Å². The molecule has 0 fully saturated rings. The van der Waals surface area contributed by atoms with Gasteiger partial charge in [0.25, 0.3) is 5.91 Å². The number of hydrogen-bond acceptors (Lipinski definition) is 5. The van der Waals surface area contributed by atoms with Crippen LogP contribution in [0.25, 0.3) is 6.08 Å². The van der Waals surface area contributed by atoms with Gasteiger partial charge in [-0.05, 0) is 47.1 Å². The molecule has 2 aromatic rings. The molecule has 0 bridgehead atoms. The highest BCUT2D eigenvalue weighted by atomic mass is 32.2. The van der Waals surface area contributed by atoms with Crippen LogP contribution in [0.1, 0.15) is 36.5 Å². The van der Waals surface area contributed by atoms with E-state index in [0.29, 0.717) is 12.5 Å². The summed E-state index contributed by atoms with van der Waals surface area (Å²) >= 11 is 1.65. The molecule has 0 radical (unpaired) electrons. The molecule has 0 spiro atoms. The standard InChI is InChI=1S/C24H26N2O3S/c1-17(2)20-9-5-18(6-10-20)13-21(14-25)24(28)29-16-23(27)26(3)15-19-7-11-22(30-4)12-8-19/h5-13,17H,15-16H2,1-4H3/b21-13+. The fraction of sp³-hybridized carbons (Fsp3) is 0.292. The summed E-state index contributed by atoms with van der Waals surface area (Å²) in [6.07, 6.45) is 3.47. The lowest BCUT2D eigenvalue weighted by Gasteiger charge is -2.17. The van der Waals surface area contributed by atoms with Crippen molar-refractivity contribution >= 4 is 29.7 Å². The summed E-state index contributed by atoms with van der Waals surface area (Å²) in [6.45, 7) is 4.18. The van der Waals surface area contributed by atoms with E-state index in [0.717, 1.165) is 16.0 Å². The van der Waals surface area contributed by atoms with Gasteiger partial charge in [-0.1, -0.05) is 50.2 Å². The Labute approximate surface area is 182 Å². The third-order valence-electron chi connectivity index (χ3n) is 4.59. The number of amides is 1. The summed E-state index contributed by atoms with van der Waals surface area (Å²) in [6, 6.07) is 17.4. The van der Waals surface area contributed by atoms with E-state index < -0.39 is 12.6 Å². The van der Waals surface area contributed by atoms with Crippen molar-refractivity contribution < 1.29 is 14.3 Å². The van der Waals surface area contributed by atoms with Gasteiger partial charge in [-0.25, -0.2) is 4.79 Å². The average molecular weight is 423 g/mol. The van der Waals surface area contributed by atoms with Crippen molar-refractivity contribution in [2.45, 2.75) is 31.2 Å². The van der Waals surface area contributed by atoms with Crippen LogP contribution in [0.15, 0.2) is 59.0 Å². The normalized spacial score (nSPS) is 11.1. The zero-order valence-corrected chi connectivity index (χ0v) is 18.5. The van der Waals surface area contributed by atoms with Crippen LogP contribution >= 0.6 is 11.8 Å². The number of nitriles is 1. The van der Waals surface area contributed by atoms with Crippen LogP contribution in [-0.2, 0) is 20.9 Å². The molecule has 5 nitrogen and oxygen atoms in total. The lowest BCUT2D eigenvalue weighted by molar-refractivity contribution is -0.148. The molecule has 1 amide bonds. The van der Waals surface area contributed by atoms with Gasteiger partial charge in [0, 0.05) is 18.5 Å². The highest BCUT2D eigenvalue weighted by Gasteiger charge is 2.16. The lowest BCUT2D eigenvalue weighted by atomic mass is 10.0. The van der Waals surface area contributed by atoms with Gasteiger partial charge >= 0.3 is 5.97 Å². The van der Waals surface area contributed by atoms with Crippen molar-refractivity contribution in [3.63, 3.8) is 0 Å². The SMILES string of the molecule is CSc1ccc(CN(C)C(=O)COC(=O)/C(C#N)=C/c2ccc(C(C)C)cc2)cc1. The first-order valence-corrected chi connectivity index (χ1v) is 10.8.